The van der Waals surface area contributed by atoms with Crippen LogP contribution in [0, 0.1) is 0 Å². The lowest BCUT2D eigenvalue weighted by molar-refractivity contribution is -0.141. The second-order valence-electron chi connectivity index (χ2n) is 4.00. The molecule has 6 heteroatoms. The van der Waals surface area contributed by atoms with Crippen LogP contribution in [0.25, 0.3) is 0 Å². The Bertz CT molecular complexity index is 540. The largest absolute Gasteiger partial charge is 0.466 e. The molecule has 0 saturated carbocycles. The number of amides is 1. The van der Waals surface area contributed by atoms with Crippen molar-refractivity contribution in [3.63, 3.8) is 0 Å². The van der Waals surface area contributed by atoms with Crippen LogP contribution < -0.4 is 10.4 Å². The van der Waals surface area contributed by atoms with Crippen LogP contribution in [0.4, 0.5) is 11.4 Å². The molecule has 0 atom stereocenters. The van der Waals surface area contributed by atoms with E-state index in [-0.39, 0.29) is 18.3 Å². The molecule has 1 amide bonds. The van der Waals surface area contributed by atoms with E-state index in [0.29, 0.717) is 23.8 Å². The van der Waals surface area contributed by atoms with E-state index in [9.17, 15) is 9.59 Å². The molecule has 1 N–H and O–H groups in total. The number of ether oxygens (including phenoxy) is 1. The van der Waals surface area contributed by atoms with Crippen LogP contribution in [0.2, 0.25) is 0 Å². The zero-order chi connectivity index (χ0) is 13.8. The standard InChI is InChI=1S/C13H15N3O3/c1-3-19-13(18)8-12-14-10-6-4-5-7-11(10)16(15-12)9(2)17/h4-7H,3,8H2,1-2H3,(H,14,15). The quantitative estimate of drug-likeness (QED) is 0.838. The fraction of sp³-hybridized carbons (Fsp3) is 0.308. The number of anilines is 1. The van der Waals surface area contributed by atoms with Gasteiger partial charge >= 0.3 is 5.97 Å². The average Bonchev–Trinajstić information content (AvgIpc) is 2.37. The molecule has 0 spiro atoms. The van der Waals surface area contributed by atoms with E-state index in [2.05, 4.69) is 10.4 Å². The third-order valence-electron chi connectivity index (χ3n) is 2.55. The van der Waals surface area contributed by atoms with Gasteiger partial charge in [0.25, 0.3) is 0 Å². The highest BCUT2D eigenvalue weighted by Gasteiger charge is 2.23. The van der Waals surface area contributed by atoms with E-state index < -0.39 is 0 Å². The number of benzene rings is 1. The summed E-state index contributed by atoms with van der Waals surface area (Å²) in [5, 5.41) is 1.37. The normalized spacial score (nSPS) is 13.2. The van der Waals surface area contributed by atoms with Crippen LogP contribution in [0.1, 0.15) is 20.3 Å². The summed E-state index contributed by atoms with van der Waals surface area (Å²) in [5.74, 6) is -0.160. The van der Waals surface area contributed by atoms with Gasteiger partial charge in [-0.2, -0.15) is 0 Å². The summed E-state index contributed by atoms with van der Waals surface area (Å²) >= 11 is 0. The number of esters is 1. The predicted molar refractivity (Wildman–Crippen MR) is 71.1 cm³/mol. The van der Waals surface area contributed by atoms with E-state index >= 15 is 0 Å². The molecule has 0 saturated heterocycles. The van der Waals surface area contributed by atoms with Gasteiger partial charge in [-0.1, -0.05) is 12.1 Å². The van der Waals surface area contributed by atoms with Gasteiger partial charge in [0.15, 0.2) is 0 Å². The molecule has 2 rings (SSSR count). The number of carbonyl (C=O) groups is 2. The third-order valence-corrected chi connectivity index (χ3v) is 2.55. The van der Waals surface area contributed by atoms with Crippen molar-refractivity contribution in [3.05, 3.63) is 24.3 Å². The molecule has 1 heterocycles. The minimum Gasteiger partial charge on any atom is -0.466 e. The van der Waals surface area contributed by atoms with Crippen LogP contribution in [-0.2, 0) is 14.3 Å². The van der Waals surface area contributed by atoms with Crippen molar-refractivity contribution >= 4 is 29.1 Å². The summed E-state index contributed by atoms with van der Waals surface area (Å²) in [7, 11) is 0. The number of nitrogens with zero attached hydrogens (tertiary/aromatic N) is 2. The van der Waals surface area contributed by atoms with E-state index in [0.717, 1.165) is 0 Å². The number of rotatable bonds is 3. The SMILES string of the molecule is CCOC(=O)CC1=Nc2ccccc2N(C(C)=O)N1. The van der Waals surface area contributed by atoms with Gasteiger partial charge in [0.2, 0.25) is 5.91 Å². The second kappa shape index (κ2) is 5.51. The second-order valence-corrected chi connectivity index (χ2v) is 4.00. The number of hydrogen-bond donors (Lipinski definition) is 1. The van der Waals surface area contributed by atoms with Gasteiger partial charge in [-0.15, -0.1) is 0 Å². The molecule has 0 aromatic heterocycles. The molecule has 1 aliphatic heterocycles. The van der Waals surface area contributed by atoms with Gasteiger partial charge in [0, 0.05) is 6.92 Å². The number of aliphatic imine (C=N–C) groups is 1. The fourth-order valence-corrected chi connectivity index (χ4v) is 1.78. The molecule has 0 fully saturated rings. The molecule has 0 radical (unpaired) electrons. The van der Waals surface area contributed by atoms with Crippen molar-refractivity contribution in [2.75, 3.05) is 11.6 Å². The van der Waals surface area contributed by atoms with Crippen LogP contribution in [-0.4, -0.2) is 24.3 Å². The maximum atomic E-state index is 11.6. The lowest BCUT2D eigenvalue weighted by atomic mass is 10.2. The van der Waals surface area contributed by atoms with Crippen molar-refractivity contribution in [1.82, 2.24) is 5.43 Å². The van der Waals surface area contributed by atoms with Gasteiger partial charge in [-0.25, -0.2) is 10.0 Å². The molecule has 0 unspecified atom stereocenters. The van der Waals surface area contributed by atoms with E-state index in [1.54, 1.807) is 19.1 Å². The Labute approximate surface area is 111 Å². The number of hydrogen-bond acceptors (Lipinski definition) is 5. The molecular formula is C13H15N3O3. The summed E-state index contributed by atoms with van der Waals surface area (Å²) in [6.45, 7) is 3.50. The lowest BCUT2D eigenvalue weighted by Gasteiger charge is -2.28. The van der Waals surface area contributed by atoms with Crippen molar-refractivity contribution in [3.8, 4) is 0 Å². The van der Waals surface area contributed by atoms with Crippen molar-refractivity contribution in [2.45, 2.75) is 20.3 Å². The Morgan fingerprint density at radius 2 is 2.11 bits per heavy atom. The van der Waals surface area contributed by atoms with Gasteiger partial charge in [0.1, 0.15) is 12.3 Å². The number of amidine groups is 1. The van der Waals surface area contributed by atoms with Gasteiger partial charge in [0.05, 0.1) is 18.0 Å². The zero-order valence-electron chi connectivity index (χ0n) is 10.8. The Hall–Kier alpha value is -2.37. The summed E-state index contributed by atoms with van der Waals surface area (Å²) < 4.78 is 4.87. The predicted octanol–water partition coefficient (Wildman–Crippen LogP) is 1.54. The van der Waals surface area contributed by atoms with Crippen LogP contribution in [0.3, 0.4) is 0 Å². The number of hydrazine groups is 1. The molecule has 100 valence electrons. The van der Waals surface area contributed by atoms with Gasteiger partial charge in [-0.3, -0.25) is 15.0 Å². The van der Waals surface area contributed by atoms with Gasteiger partial charge in [-0.05, 0) is 19.1 Å². The monoisotopic (exact) mass is 261 g/mol. The number of para-hydroxylation sites is 2. The minimum atomic E-state index is -0.378. The summed E-state index contributed by atoms with van der Waals surface area (Å²) in [6, 6.07) is 7.22. The van der Waals surface area contributed by atoms with Crippen molar-refractivity contribution < 1.29 is 14.3 Å². The van der Waals surface area contributed by atoms with E-state index in [1.165, 1.54) is 11.9 Å². The van der Waals surface area contributed by atoms with Crippen LogP contribution >= 0.6 is 0 Å². The first-order valence-electron chi connectivity index (χ1n) is 6.01. The molecule has 1 aromatic rings. The highest BCUT2D eigenvalue weighted by atomic mass is 16.5. The number of fused-ring (bicyclic) bond motifs is 1. The highest BCUT2D eigenvalue weighted by molar-refractivity contribution is 6.06. The maximum Gasteiger partial charge on any atom is 0.313 e. The van der Waals surface area contributed by atoms with E-state index in [1.807, 2.05) is 12.1 Å². The smallest absolute Gasteiger partial charge is 0.313 e. The molecule has 1 aromatic carbocycles. The molecule has 6 nitrogen and oxygen atoms in total. The molecular weight excluding hydrogens is 246 g/mol. The number of carbonyl (C=O) groups excluding carboxylic acids is 2. The fourth-order valence-electron chi connectivity index (χ4n) is 1.78. The molecule has 19 heavy (non-hydrogen) atoms. The summed E-state index contributed by atoms with van der Waals surface area (Å²) in [5.41, 5.74) is 4.15. The number of nitrogens with one attached hydrogen (secondary N) is 1. The van der Waals surface area contributed by atoms with E-state index in [4.69, 9.17) is 4.74 Å². The highest BCUT2D eigenvalue weighted by Crippen LogP contribution is 2.30. The van der Waals surface area contributed by atoms with Gasteiger partial charge < -0.3 is 4.74 Å². The Morgan fingerprint density at radius 1 is 1.37 bits per heavy atom. The van der Waals surface area contributed by atoms with Crippen molar-refractivity contribution in [2.24, 2.45) is 4.99 Å². The Morgan fingerprint density at radius 3 is 2.79 bits per heavy atom. The Kier molecular flexibility index (Phi) is 3.79. The first-order chi connectivity index (χ1) is 9.11. The minimum absolute atomic E-state index is 0.00591. The topological polar surface area (TPSA) is 71.0 Å². The summed E-state index contributed by atoms with van der Waals surface area (Å²) in [6.07, 6.45) is 0.00591. The molecule has 0 bridgehead atoms. The third kappa shape index (κ3) is 2.90. The van der Waals surface area contributed by atoms with Crippen molar-refractivity contribution in [1.29, 1.82) is 0 Å². The first kappa shape index (κ1) is 13.1. The average molecular weight is 261 g/mol. The van der Waals surface area contributed by atoms with Crippen LogP contribution in [0.5, 0.6) is 0 Å². The molecule has 1 aliphatic rings. The summed E-state index contributed by atoms with van der Waals surface area (Å²) in [4.78, 5) is 27.4. The molecule has 0 aliphatic carbocycles. The Balaban J connectivity index is 2.26. The zero-order valence-corrected chi connectivity index (χ0v) is 10.8. The van der Waals surface area contributed by atoms with Crippen LogP contribution in [0.15, 0.2) is 29.3 Å². The first-order valence-corrected chi connectivity index (χ1v) is 6.01. The lowest BCUT2D eigenvalue weighted by Crippen LogP contribution is -2.47. The maximum absolute atomic E-state index is 11.6.